The van der Waals surface area contributed by atoms with E-state index in [1.807, 2.05) is 25.5 Å². The van der Waals surface area contributed by atoms with Gasteiger partial charge >= 0.3 is 0 Å². The lowest BCUT2D eigenvalue weighted by Gasteiger charge is -2.34. The Labute approximate surface area is 113 Å². The highest BCUT2D eigenvalue weighted by Crippen LogP contribution is 2.32. The highest BCUT2D eigenvalue weighted by Gasteiger charge is 2.31. The van der Waals surface area contributed by atoms with Crippen molar-refractivity contribution in [3.05, 3.63) is 35.7 Å². The molecule has 0 unspecified atom stereocenters. The molecule has 0 aliphatic carbocycles. The van der Waals surface area contributed by atoms with E-state index in [4.69, 9.17) is 4.52 Å². The smallest absolute Gasteiger partial charge is 0.133 e. The number of piperidine rings is 1. The quantitative estimate of drug-likeness (QED) is 0.915. The molecule has 3 heterocycles. The van der Waals surface area contributed by atoms with Gasteiger partial charge in [0.2, 0.25) is 0 Å². The van der Waals surface area contributed by atoms with E-state index in [0.29, 0.717) is 0 Å². The lowest BCUT2D eigenvalue weighted by atomic mass is 9.78. The van der Waals surface area contributed by atoms with E-state index in [9.17, 15) is 0 Å². The third-order valence-corrected chi connectivity index (χ3v) is 4.05. The van der Waals surface area contributed by atoms with Crippen molar-refractivity contribution in [3.8, 4) is 0 Å². The highest BCUT2D eigenvalue weighted by molar-refractivity contribution is 5.17. The molecule has 0 saturated carbocycles. The molecule has 0 aromatic carbocycles. The van der Waals surface area contributed by atoms with E-state index in [1.165, 1.54) is 5.69 Å². The van der Waals surface area contributed by atoms with E-state index in [1.54, 1.807) is 0 Å². The van der Waals surface area contributed by atoms with Crippen molar-refractivity contribution >= 4 is 0 Å². The lowest BCUT2D eigenvalue weighted by Crippen LogP contribution is -2.39. The largest absolute Gasteiger partial charge is 0.361 e. The van der Waals surface area contributed by atoms with Crippen molar-refractivity contribution in [1.29, 1.82) is 0 Å². The Bertz CT molecular complexity index is 551. The maximum absolute atomic E-state index is 5.13. The summed E-state index contributed by atoms with van der Waals surface area (Å²) >= 11 is 0. The first-order chi connectivity index (χ1) is 9.17. The highest BCUT2D eigenvalue weighted by atomic mass is 16.5. The predicted molar refractivity (Wildman–Crippen MR) is 72.0 cm³/mol. The Morgan fingerprint density at radius 1 is 1.42 bits per heavy atom. The molecule has 0 radical (unpaired) electrons. The summed E-state index contributed by atoms with van der Waals surface area (Å²) in [5.41, 5.74) is 2.46. The van der Waals surface area contributed by atoms with E-state index < -0.39 is 0 Å². The summed E-state index contributed by atoms with van der Waals surface area (Å²) in [7, 11) is 0. The van der Waals surface area contributed by atoms with Crippen molar-refractivity contribution in [2.45, 2.75) is 38.6 Å². The fraction of sp³-hybridized carbons (Fsp3) is 0.571. The Balaban J connectivity index is 1.85. The van der Waals surface area contributed by atoms with Crippen LogP contribution in [0.3, 0.4) is 0 Å². The van der Waals surface area contributed by atoms with Crippen LogP contribution in [0.5, 0.6) is 0 Å². The molecule has 1 aliphatic rings. The minimum atomic E-state index is 0.209. The summed E-state index contributed by atoms with van der Waals surface area (Å²) < 4.78 is 7.33. The molecule has 1 N–H and O–H groups in total. The van der Waals surface area contributed by atoms with E-state index in [-0.39, 0.29) is 5.41 Å². The van der Waals surface area contributed by atoms with Gasteiger partial charge in [-0.05, 0) is 32.9 Å². The number of nitrogens with one attached hydrogen (secondary N) is 1. The lowest BCUT2D eigenvalue weighted by molar-refractivity contribution is 0.317. The van der Waals surface area contributed by atoms with Crippen LogP contribution in [0.1, 0.15) is 36.9 Å². The van der Waals surface area contributed by atoms with Gasteiger partial charge in [-0.25, -0.2) is 4.98 Å². The first-order valence-corrected chi connectivity index (χ1v) is 6.81. The summed E-state index contributed by atoms with van der Waals surface area (Å²) in [5.74, 6) is 0.852. The molecule has 19 heavy (non-hydrogen) atoms. The molecule has 2 aromatic rings. The van der Waals surface area contributed by atoms with Crippen LogP contribution in [0.2, 0.25) is 0 Å². The van der Waals surface area contributed by atoms with Crippen LogP contribution in [0, 0.1) is 6.92 Å². The monoisotopic (exact) mass is 260 g/mol. The van der Waals surface area contributed by atoms with Crippen LogP contribution < -0.4 is 5.32 Å². The molecular weight excluding hydrogens is 240 g/mol. The van der Waals surface area contributed by atoms with Crippen LogP contribution in [0.15, 0.2) is 23.1 Å². The topological polar surface area (TPSA) is 55.9 Å². The first kappa shape index (κ1) is 12.4. The standard InChI is InChI=1S/C14H20N4O/c1-11-7-12(17-19-11)9-18-10-16-8-13(18)14(2)3-5-15-6-4-14/h7-8,10,15H,3-6,9H2,1-2H3. The number of imidazole rings is 1. The molecule has 5 heteroatoms. The van der Waals surface area contributed by atoms with Gasteiger partial charge in [-0.3, -0.25) is 0 Å². The second-order valence-corrected chi connectivity index (χ2v) is 5.65. The third-order valence-electron chi connectivity index (χ3n) is 4.05. The second kappa shape index (κ2) is 4.81. The SMILES string of the molecule is Cc1cc(Cn2cncc2C2(C)CCNCC2)no1. The van der Waals surface area contributed by atoms with Crippen molar-refractivity contribution in [2.75, 3.05) is 13.1 Å². The van der Waals surface area contributed by atoms with Crippen molar-refractivity contribution in [3.63, 3.8) is 0 Å². The molecule has 1 fully saturated rings. The van der Waals surface area contributed by atoms with Crippen LogP contribution >= 0.6 is 0 Å². The number of aryl methyl sites for hydroxylation is 1. The molecule has 2 aromatic heterocycles. The minimum absolute atomic E-state index is 0.209. The van der Waals surface area contributed by atoms with Crippen molar-refractivity contribution in [2.24, 2.45) is 0 Å². The number of hydrogen-bond donors (Lipinski definition) is 1. The fourth-order valence-corrected chi connectivity index (χ4v) is 2.85. The Morgan fingerprint density at radius 3 is 2.89 bits per heavy atom. The van der Waals surface area contributed by atoms with Gasteiger partial charge in [-0.2, -0.15) is 0 Å². The zero-order chi connectivity index (χ0) is 13.3. The molecular formula is C14H20N4O. The van der Waals surface area contributed by atoms with Crippen LogP contribution in [0.25, 0.3) is 0 Å². The van der Waals surface area contributed by atoms with E-state index >= 15 is 0 Å². The molecule has 0 amide bonds. The van der Waals surface area contributed by atoms with Crippen LogP contribution in [-0.4, -0.2) is 27.8 Å². The average molecular weight is 260 g/mol. The average Bonchev–Trinajstić information content (AvgIpc) is 3.00. The molecule has 0 bridgehead atoms. The Hall–Kier alpha value is -1.62. The van der Waals surface area contributed by atoms with Crippen LogP contribution in [-0.2, 0) is 12.0 Å². The van der Waals surface area contributed by atoms with Crippen molar-refractivity contribution in [1.82, 2.24) is 20.0 Å². The normalized spacial score (nSPS) is 18.6. The summed E-state index contributed by atoms with van der Waals surface area (Å²) in [4.78, 5) is 4.33. The second-order valence-electron chi connectivity index (χ2n) is 5.65. The Morgan fingerprint density at radius 2 is 2.21 bits per heavy atom. The summed E-state index contributed by atoms with van der Waals surface area (Å²) in [6, 6.07) is 1.98. The van der Waals surface area contributed by atoms with E-state index in [2.05, 4.69) is 26.9 Å². The van der Waals surface area contributed by atoms with Gasteiger partial charge in [-0.15, -0.1) is 0 Å². The van der Waals surface area contributed by atoms with Crippen LogP contribution in [0.4, 0.5) is 0 Å². The summed E-state index contributed by atoms with van der Waals surface area (Å²) in [6.45, 7) is 7.13. The molecule has 0 spiro atoms. The zero-order valence-electron chi connectivity index (χ0n) is 11.5. The number of aromatic nitrogens is 3. The van der Waals surface area contributed by atoms with Gasteiger partial charge in [0.1, 0.15) is 11.5 Å². The molecule has 5 nitrogen and oxygen atoms in total. The number of hydrogen-bond acceptors (Lipinski definition) is 4. The van der Waals surface area contributed by atoms with Gasteiger partial charge in [0.15, 0.2) is 0 Å². The van der Waals surface area contributed by atoms with Gasteiger partial charge in [0.05, 0.1) is 12.9 Å². The first-order valence-electron chi connectivity index (χ1n) is 6.81. The van der Waals surface area contributed by atoms with Crippen molar-refractivity contribution < 1.29 is 4.52 Å². The van der Waals surface area contributed by atoms with Gasteiger partial charge in [0, 0.05) is 23.4 Å². The molecule has 102 valence electrons. The number of nitrogens with zero attached hydrogens (tertiary/aromatic N) is 3. The minimum Gasteiger partial charge on any atom is -0.361 e. The zero-order valence-corrected chi connectivity index (χ0v) is 11.5. The van der Waals surface area contributed by atoms with E-state index in [0.717, 1.165) is 43.9 Å². The molecule has 1 aliphatic heterocycles. The molecule has 3 rings (SSSR count). The predicted octanol–water partition coefficient (Wildman–Crippen LogP) is 1.87. The third kappa shape index (κ3) is 2.42. The molecule has 1 saturated heterocycles. The summed E-state index contributed by atoms with van der Waals surface area (Å²) in [5, 5.41) is 7.48. The van der Waals surface area contributed by atoms with Gasteiger partial charge in [-0.1, -0.05) is 12.1 Å². The Kier molecular flexibility index (Phi) is 3.14. The maximum atomic E-state index is 5.13. The number of rotatable bonds is 3. The van der Waals surface area contributed by atoms with Gasteiger partial charge < -0.3 is 14.4 Å². The summed E-state index contributed by atoms with van der Waals surface area (Å²) in [6.07, 6.45) is 6.19. The maximum Gasteiger partial charge on any atom is 0.133 e. The fourth-order valence-electron chi connectivity index (χ4n) is 2.85. The molecule has 0 atom stereocenters. The van der Waals surface area contributed by atoms with Gasteiger partial charge in [0.25, 0.3) is 0 Å².